The molecule has 0 saturated heterocycles. The Labute approximate surface area is 189 Å². The first-order valence-corrected chi connectivity index (χ1v) is 10.0. The maximum absolute atomic E-state index is 13.3. The summed E-state index contributed by atoms with van der Waals surface area (Å²) in [6.07, 6.45) is 0. The minimum Gasteiger partial charge on any atom is -0.494 e. The fraction of sp³-hybridized carbons (Fsp3) is 0.208. The average Bonchev–Trinajstić information content (AvgIpc) is 2.85. The first-order valence-electron chi connectivity index (χ1n) is 10.0. The van der Waals surface area contributed by atoms with Crippen LogP contribution < -0.4 is 19.5 Å². The number of aliphatic hydroxyl groups excluding tert-OH is 1. The van der Waals surface area contributed by atoms with Crippen LogP contribution in [0, 0.1) is 5.82 Å². The second kappa shape index (κ2) is 11.1. The summed E-state index contributed by atoms with van der Waals surface area (Å²) in [5, 5.41) is 11.4. The molecule has 0 fully saturated rings. The fourth-order valence-corrected chi connectivity index (χ4v) is 3.02. The number of methoxy groups -OCH3 is 2. The van der Waals surface area contributed by atoms with E-state index in [9.17, 15) is 14.0 Å². The molecule has 0 aliphatic carbocycles. The number of nitrogens with one attached hydrogen (secondary N) is 1. The van der Waals surface area contributed by atoms with Gasteiger partial charge >= 0.3 is 0 Å². The van der Waals surface area contributed by atoms with E-state index in [1.165, 1.54) is 56.7 Å². The number of Topliss-reactive ketones (excluding diaryl/α,β-unsaturated/α-hetero) is 1. The Hall–Kier alpha value is -3.98. The van der Waals surface area contributed by atoms with Crippen molar-refractivity contribution in [3.05, 3.63) is 71.7 Å². The van der Waals surface area contributed by atoms with E-state index in [0.717, 1.165) is 0 Å². The number of hydrogen-bond acceptors (Lipinski definition) is 7. The van der Waals surface area contributed by atoms with E-state index in [1.807, 2.05) is 0 Å². The Morgan fingerprint density at radius 2 is 1.67 bits per heavy atom. The molecule has 0 radical (unpaired) electrons. The highest BCUT2D eigenvalue weighted by Crippen LogP contribution is 2.29. The summed E-state index contributed by atoms with van der Waals surface area (Å²) in [7, 11) is 2.90. The van der Waals surface area contributed by atoms with Crippen molar-refractivity contribution in [1.29, 1.82) is 0 Å². The van der Waals surface area contributed by atoms with Gasteiger partial charge in [-0.2, -0.15) is 0 Å². The lowest BCUT2D eigenvalue weighted by Gasteiger charge is -2.12. The third-order valence-electron chi connectivity index (χ3n) is 4.67. The molecule has 2 aromatic carbocycles. The third kappa shape index (κ3) is 5.83. The number of rotatable bonds is 10. The molecule has 1 aromatic heterocycles. The second-order valence-electron chi connectivity index (χ2n) is 6.80. The van der Waals surface area contributed by atoms with Crippen LogP contribution in [0.25, 0.3) is 11.3 Å². The Balaban J connectivity index is 1.72. The summed E-state index contributed by atoms with van der Waals surface area (Å²) in [5.74, 6) is -0.153. The number of aromatic nitrogens is 1. The van der Waals surface area contributed by atoms with Gasteiger partial charge in [-0.15, -0.1) is 0 Å². The Morgan fingerprint density at radius 3 is 2.33 bits per heavy atom. The van der Waals surface area contributed by atoms with Crippen LogP contribution in [0.1, 0.15) is 20.8 Å². The van der Waals surface area contributed by atoms with E-state index in [1.54, 1.807) is 12.1 Å². The molecular formula is C24H23FN2O6. The summed E-state index contributed by atoms with van der Waals surface area (Å²) in [6, 6.07) is 13.3. The van der Waals surface area contributed by atoms with Gasteiger partial charge in [0, 0.05) is 11.1 Å². The van der Waals surface area contributed by atoms with Crippen molar-refractivity contribution in [3.63, 3.8) is 0 Å². The number of halogens is 1. The van der Waals surface area contributed by atoms with E-state index < -0.39 is 17.5 Å². The molecule has 2 N–H and O–H groups in total. The predicted molar refractivity (Wildman–Crippen MR) is 118 cm³/mol. The number of pyridine rings is 1. The number of hydrogen-bond donors (Lipinski definition) is 2. The highest BCUT2D eigenvalue weighted by molar-refractivity contribution is 6.01. The molecule has 1 heterocycles. The minimum atomic E-state index is -0.484. The Morgan fingerprint density at radius 1 is 0.970 bits per heavy atom. The average molecular weight is 454 g/mol. The van der Waals surface area contributed by atoms with Gasteiger partial charge in [0.05, 0.1) is 27.4 Å². The van der Waals surface area contributed by atoms with Crippen molar-refractivity contribution in [2.24, 2.45) is 0 Å². The molecule has 0 saturated carbocycles. The van der Waals surface area contributed by atoms with Gasteiger partial charge in [0.15, 0.2) is 17.3 Å². The summed E-state index contributed by atoms with van der Waals surface area (Å²) in [6.45, 7) is -0.354. The van der Waals surface area contributed by atoms with E-state index in [4.69, 9.17) is 19.3 Å². The molecule has 33 heavy (non-hydrogen) atoms. The molecule has 3 rings (SSSR count). The number of benzene rings is 2. The molecule has 9 heteroatoms. The molecule has 0 aliphatic heterocycles. The van der Waals surface area contributed by atoms with Gasteiger partial charge in [0.2, 0.25) is 0 Å². The number of ketones is 1. The van der Waals surface area contributed by atoms with Gasteiger partial charge in [-0.3, -0.25) is 9.59 Å². The molecule has 0 spiro atoms. The Bertz CT molecular complexity index is 1130. The van der Waals surface area contributed by atoms with Crippen LogP contribution in [0.5, 0.6) is 17.2 Å². The normalized spacial score (nSPS) is 10.4. The first kappa shape index (κ1) is 23.7. The van der Waals surface area contributed by atoms with E-state index in [2.05, 4.69) is 10.3 Å². The smallest absolute Gasteiger partial charge is 0.251 e. The number of carbonyl (C=O) groups excluding carboxylic acids is 2. The number of nitrogens with zero attached hydrogens (tertiary/aromatic N) is 1. The van der Waals surface area contributed by atoms with E-state index in [0.29, 0.717) is 28.5 Å². The molecule has 0 aliphatic rings. The second-order valence-corrected chi connectivity index (χ2v) is 6.80. The highest BCUT2D eigenvalue weighted by atomic mass is 19.1. The minimum absolute atomic E-state index is 0.0885. The monoisotopic (exact) mass is 454 g/mol. The first-order chi connectivity index (χ1) is 16.0. The summed E-state index contributed by atoms with van der Waals surface area (Å²) in [5.41, 5.74) is 1.37. The van der Waals surface area contributed by atoms with Crippen LogP contribution in [0.15, 0.2) is 54.6 Å². The lowest BCUT2D eigenvalue weighted by molar-refractivity contribution is 0.0902. The molecule has 1 amide bonds. The van der Waals surface area contributed by atoms with Crippen molar-refractivity contribution in [1.82, 2.24) is 10.3 Å². The van der Waals surface area contributed by atoms with Crippen LogP contribution in [0.3, 0.4) is 0 Å². The van der Waals surface area contributed by atoms with Crippen LogP contribution in [0.2, 0.25) is 0 Å². The van der Waals surface area contributed by atoms with E-state index in [-0.39, 0.29) is 31.0 Å². The molecule has 0 atom stereocenters. The predicted octanol–water partition coefficient (Wildman–Crippen LogP) is 2.89. The fourth-order valence-electron chi connectivity index (χ4n) is 3.02. The van der Waals surface area contributed by atoms with Gasteiger partial charge in [-0.1, -0.05) is 0 Å². The topological polar surface area (TPSA) is 107 Å². The summed E-state index contributed by atoms with van der Waals surface area (Å²) < 4.78 is 29.1. The molecule has 3 aromatic rings. The van der Waals surface area contributed by atoms with Crippen molar-refractivity contribution in [2.75, 3.05) is 34.0 Å². The number of carbonyl (C=O) groups is 2. The van der Waals surface area contributed by atoms with Crippen LogP contribution >= 0.6 is 0 Å². The number of ether oxygens (including phenoxy) is 3. The maximum Gasteiger partial charge on any atom is 0.251 e. The summed E-state index contributed by atoms with van der Waals surface area (Å²) in [4.78, 5) is 29.5. The van der Waals surface area contributed by atoms with Gasteiger partial charge < -0.3 is 24.6 Å². The maximum atomic E-state index is 13.3. The lowest BCUT2D eigenvalue weighted by Crippen LogP contribution is -2.30. The molecular weight excluding hydrogens is 431 g/mol. The van der Waals surface area contributed by atoms with Crippen molar-refractivity contribution in [3.8, 4) is 28.5 Å². The molecule has 0 unspecified atom stereocenters. The molecule has 8 nitrogen and oxygen atoms in total. The standard InChI is InChI=1S/C24H23FN2O6/c1-31-21-10-8-18(27-23(21)15-3-6-17(25)7-4-15)19(29)14-26-24(30)16-5-9-20(33-12-11-28)22(13-16)32-2/h3-10,13,28H,11-12,14H2,1-2H3,(H,26,30). The van der Waals surface area contributed by atoms with E-state index >= 15 is 0 Å². The molecule has 0 bridgehead atoms. The zero-order valence-electron chi connectivity index (χ0n) is 18.1. The Kier molecular flexibility index (Phi) is 7.93. The zero-order valence-corrected chi connectivity index (χ0v) is 18.1. The SMILES string of the molecule is COc1cc(C(=O)NCC(=O)c2ccc(OC)c(-c3ccc(F)cc3)n2)ccc1OCCO. The number of aliphatic hydroxyl groups is 1. The molecule has 172 valence electrons. The van der Waals surface area contributed by atoms with Crippen LogP contribution in [-0.4, -0.2) is 55.8 Å². The highest BCUT2D eigenvalue weighted by Gasteiger charge is 2.16. The van der Waals surface area contributed by atoms with Crippen molar-refractivity contribution < 1.29 is 33.3 Å². The quantitative estimate of drug-likeness (QED) is 0.454. The largest absolute Gasteiger partial charge is 0.494 e. The third-order valence-corrected chi connectivity index (χ3v) is 4.67. The van der Waals surface area contributed by atoms with Gasteiger partial charge in [-0.05, 0) is 54.6 Å². The van der Waals surface area contributed by atoms with Gasteiger partial charge in [0.1, 0.15) is 29.6 Å². The van der Waals surface area contributed by atoms with Crippen molar-refractivity contribution in [2.45, 2.75) is 0 Å². The van der Waals surface area contributed by atoms with Crippen LogP contribution in [-0.2, 0) is 0 Å². The summed E-state index contributed by atoms with van der Waals surface area (Å²) >= 11 is 0. The van der Waals surface area contributed by atoms with Gasteiger partial charge in [-0.25, -0.2) is 9.37 Å². The van der Waals surface area contributed by atoms with Crippen molar-refractivity contribution >= 4 is 11.7 Å². The van der Waals surface area contributed by atoms with Gasteiger partial charge in [0.25, 0.3) is 5.91 Å². The van der Waals surface area contributed by atoms with Crippen LogP contribution in [0.4, 0.5) is 4.39 Å². The lowest BCUT2D eigenvalue weighted by atomic mass is 10.1. The zero-order chi connectivity index (χ0) is 23.8. The number of amides is 1.